The van der Waals surface area contributed by atoms with Gasteiger partial charge in [-0.25, -0.2) is 0 Å². The molecule has 0 aliphatic carbocycles. The number of amides is 1. The van der Waals surface area contributed by atoms with Crippen molar-refractivity contribution in [2.45, 2.75) is 0 Å². The third kappa shape index (κ3) is 2.85. The van der Waals surface area contributed by atoms with E-state index >= 15 is 0 Å². The van der Waals surface area contributed by atoms with Gasteiger partial charge >= 0.3 is 0 Å². The van der Waals surface area contributed by atoms with E-state index in [-0.39, 0.29) is 5.91 Å². The van der Waals surface area contributed by atoms with Crippen molar-refractivity contribution in [1.82, 2.24) is 15.4 Å². The molecule has 2 aromatic heterocycles. The third-order valence-corrected chi connectivity index (χ3v) is 2.78. The molecule has 92 valence electrons. The Morgan fingerprint density at radius 1 is 1.44 bits per heavy atom. The molecule has 0 radical (unpaired) electrons. The minimum Gasteiger partial charge on any atom is -0.352 e. The van der Waals surface area contributed by atoms with E-state index in [0.717, 1.165) is 0 Å². The number of aromatic nitrogens is 2. The SMILES string of the molecule is O=C(NNc1ccncc1Cl)c1ccc[nH]c1=S. The van der Waals surface area contributed by atoms with Crippen LogP contribution in [0.15, 0.2) is 36.8 Å². The lowest BCUT2D eigenvalue weighted by atomic mass is 10.3. The lowest BCUT2D eigenvalue weighted by Gasteiger charge is -2.09. The van der Waals surface area contributed by atoms with E-state index in [0.29, 0.717) is 20.9 Å². The predicted molar refractivity (Wildman–Crippen MR) is 72.0 cm³/mol. The molecule has 2 rings (SSSR count). The second-order valence-corrected chi connectivity index (χ2v) is 4.16. The number of nitrogens with zero attached hydrogens (tertiary/aromatic N) is 1. The molecule has 1 amide bonds. The molecule has 2 aromatic rings. The topological polar surface area (TPSA) is 69.8 Å². The fourth-order valence-corrected chi connectivity index (χ4v) is 1.66. The first-order valence-corrected chi connectivity index (χ1v) is 5.80. The van der Waals surface area contributed by atoms with Crippen molar-refractivity contribution in [2.75, 3.05) is 5.43 Å². The summed E-state index contributed by atoms with van der Waals surface area (Å²) in [6.45, 7) is 0. The number of hydrazine groups is 1. The van der Waals surface area contributed by atoms with Crippen LogP contribution in [-0.2, 0) is 0 Å². The quantitative estimate of drug-likeness (QED) is 0.597. The van der Waals surface area contributed by atoms with Gasteiger partial charge in [-0.1, -0.05) is 23.8 Å². The summed E-state index contributed by atoms with van der Waals surface area (Å²) in [6.07, 6.45) is 4.70. The molecule has 3 N–H and O–H groups in total. The van der Waals surface area contributed by atoms with Crippen LogP contribution >= 0.6 is 23.8 Å². The Balaban J connectivity index is 2.08. The summed E-state index contributed by atoms with van der Waals surface area (Å²) in [7, 11) is 0. The van der Waals surface area contributed by atoms with E-state index < -0.39 is 0 Å². The number of aromatic amines is 1. The van der Waals surface area contributed by atoms with Crippen LogP contribution < -0.4 is 10.9 Å². The van der Waals surface area contributed by atoms with Crippen LogP contribution in [0.3, 0.4) is 0 Å². The average molecular weight is 281 g/mol. The summed E-state index contributed by atoms with van der Waals surface area (Å²) in [5.41, 5.74) is 6.16. The first kappa shape index (κ1) is 12.5. The zero-order chi connectivity index (χ0) is 13.0. The maximum absolute atomic E-state index is 11.8. The molecule has 2 heterocycles. The van der Waals surface area contributed by atoms with Gasteiger partial charge in [-0.2, -0.15) is 0 Å². The molecular formula is C11H9ClN4OS. The third-order valence-electron chi connectivity index (χ3n) is 2.15. The molecule has 0 unspecified atom stereocenters. The minimum atomic E-state index is -0.343. The number of halogens is 1. The average Bonchev–Trinajstić information content (AvgIpc) is 2.38. The van der Waals surface area contributed by atoms with E-state index in [1.165, 1.54) is 6.20 Å². The summed E-state index contributed by atoms with van der Waals surface area (Å²) in [5, 5.41) is 0.413. The number of anilines is 1. The summed E-state index contributed by atoms with van der Waals surface area (Å²) in [6, 6.07) is 4.97. The fourth-order valence-electron chi connectivity index (χ4n) is 1.27. The van der Waals surface area contributed by atoms with E-state index in [9.17, 15) is 4.79 Å². The van der Waals surface area contributed by atoms with Gasteiger partial charge in [0.2, 0.25) is 0 Å². The van der Waals surface area contributed by atoms with Crippen LogP contribution in [0.25, 0.3) is 0 Å². The normalized spacial score (nSPS) is 9.83. The Labute approximate surface area is 113 Å². The van der Waals surface area contributed by atoms with Crippen molar-refractivity contribution >= 4 is 35.4 Å². The second kappa shape index (κ2) is 5.61. The molecule has 0 saturated carbocycles. The van der Waals surface area contributed by atoms with Gasteiger partial charge in [-0.15, -0.1) is 0 Å². The van der Waals surface area contributed by atoms with Crippen molar-refractivity contribution in [3.63, 3.8) is 0 Å². The van der Waals surface area contributed by atoms with E-state index in [4.69, 9.17) is 23.8 Å². The zero-order valence-electron chi connectivity index (χ0n) is 9.11. The van der Waals surface area contributed by atoms with Crippen LogP contribution in [0.4, 0.5) is 5.69 Å². The molecule has 0 aliphatic heterocycles. The Kier molecular flexibility index (Phi) is 3.91. The van der Waals surface area contributed by atoms with E-state index in [2.05, 4.69) is 20.8 Å². The Hall–Kier alpha value is -1.92. The van der Waals surface area contributed by atoms with Gasteiger partial charge in [0.25, 0.3) is 5.91 Å². The summed E-state index contributed by atoms with van der Waals surface area (Å²) >= 11 is 10.9. The predicted octanol–water partition coefficient (Wildman–Crippen LogP) is 2.55. The highest BCUT2D eigenvalue weighted by molar-refractivity contribution is 7.71. The van der Waals surface area contributed by atoms with Gasteiger partial charge < -0.3 is 4.98 Å². The molecule has 5 nitrogen and oxygen atoms in total. The summed E-state index contributed by atoms with van der Waals surface area (Å²) in [5.74, 6) is -0.343. The molecular weight excluding hydrogens is 272 g/mol. The largest absolute Gasteiger partial charge is 0.352 e. The van der Waals surface area contributed by atoms with Gasteiger partial charge in [0, 0.05) is 18.6 Å². The molecule has 0 aliphatic rings. The Morgan fingerprint density at radius 2 is 2.28 bits per heavy atom. The molecule has 0 atom stereocenters. The maximum atomic E-state index is 11.8. The molecule has 0 saturated heterocycles. The van der Waals surface area contributed by atoms with Crippen LogP contribution in [0, 0.1) is 4.64 Å². The first-order chi connectivity index (χ1) is 8.68. The summed E-state index contributed by atoms with van der Waals surface area (Å²) < 4.78 is 0.373. The number of carbonyl (C=O) groups excluding carboxylic acids is 1. The highest BCUT2D eigenvalue weighted by atomic mass is 35.5. The number of nitrogens with one attached hydrogen (secondary N) is 3. The van der Waals surface area contributed by atoms with Gasteiger partial charge in [0.05, 0.1) is 16.3 Å². The minimum absolute atomic E-state index is 0.343. The van der Waals surface area contributed by atoms with E-state index in [1.54, 1.807) is 30.6 Å². The zero-order valence-corrected chi connectivity index (χ0v) is 10.7. The van der Waals surface area contributed by atoms with Crippen LogP contribution in [0.2, 0.25) is 5.02 Å². The summed E-state index contributed by atoms with van der Waals surface area (Å²) in [4.78, 5) is 18.4. The van der Waals surface area contributed by atoms with Crippen molar-refractivity contribution in [2.24, 2.45) is 0 Å². The lowest BCUT2D eigenvalue weighted by Crippen LogP contribution is -2.29. The number of pyridine rings is 2. The molecule has 18 heavy (non-hydrogen) atoms. The molecule has 0 bridgehead atoms. The highest BCUT2D eigenvalue weighted by Crippen LogP contribution is 2.17. The molecule has 7 heteroatoms. The number of carbonyl (C=O) groups is 1. The highest BCUT2D eigenvalue weighted by Gasteiger charge is 2.07. The van der Waals surface area contributed by atoms with Crippen molar-refractivity contribution in [1.29, 1.82) is 0 Å². The van der Waals surface area contributed by atoms with Crippen LogP contribution in [0.5, 0.6) is 0 Å². The number of hydrogen-bond donors (Lipinski definition) is 3. The number of H-pyrrole nitrogens is 1. The molecule has 0 aromatic carbocycles. The fraction of sp³-hybridized carbons (Fsp3) is 0. The molecule has 0 spiro atoms. The van der Waals surface area contributed by atoms with Crippen LogP contribution in [0.1, 0.15) is 10.4 Å². The van der Waals surface area contributed by atoms with Gasteiger partial charge in [-0.05, 0) is 18.2 Å². The number of hydrogen-bond acceptors (Lipinski definition) is 4. The number of rotatable bonds is 3. The monoisotopic (exact) mass is 280 g/mol. The maximum Gasteiger partial charge on any atom is 0.272 e. The standard InChI is InChI=1S/C11H9ClN4OS/c12-8-6-13-5-3-9(8)15-16-10(17)7-2-1-4-14-11(7)18/h1-6H,(H,13,15)(H,14,18)(H,16,17). The van der Waals surface area contributed by atoms with Crippen molar-refractivity contribution in [3.05, 3.63) is 52.0 Å². The smallest absolute Gasteiger partial charge is 0.272 e. The van der Waals surface area contributed by atoms with Gasteiger partial charge in [-0.3, -0.25) is 20.6 Å². The van der Waals surface area contributed by atoms with Gasteiger partial charge in [0.1, 0.15) is 4.64 Å². The van der Waals surface area contributed by atoms with Crippen molar-refractivity contribution < 1.29 is 4.79 Å². The van der Waals surface area contributed by atoms with Crippen LogP contribution in [-0.4, -0.2) is 15.9 Å². The second-order valence-electron chi connectivity index (χ2n) is 3.35. The van der Waals surface area contributed by atoms with Crippen molar-refractivity contribution in [3.8, 4) is 0 Å². The van der Waals surface area contributed by atoms with E-state index in [1.807, 2.05) is 0 Å². The lowest BCUT2D eigenvalue weighted by molar-refractivity contribution is 0.0962. The Bertz CT molecular complexity index is 628. The molecule has 0 fully saturated rings. The first-order valence-electron chi connectivity index (χ1n) is 5.02. The van der Waals surface area contributed by atoms with Gasteiger partial charge in [0.15, 0.2) is 0 Å². The Morgan fingerprint density at radius 3 is 3.00 bits per heavy atom.